The zero-order chi connectivity index (χ0) is 15.5. The Morgan fingerprint density at radius 2 is 2.05 bits per heavy atom. The van der Waals surface area contributed by atoms with Gasteiger partial charge in [-0.1, -0.05) is 19.1 Å². The molecule has 7 heteroatoms. The SMILES string of the molecule is CCc1ccc(S(=O)(=O)N2CCS[C@@H](C(=O)OC)C2)cc1. The largest absolute Gasteiger partial charge is 0.468 e. The van der Waals surface area contributed by atoms with E-state index in [0.29, 0.717) is 12.3 Å². The van der Waals surface area contributed by atoms with Crippen molar-refractivity contribution < 1.29 is 17.9 Å². The quantitative estimate of drug-likeness (QED) is 0.784. The fraction of sp³-hybridized carbons (Fsp3) is 0.500. The van der Waals surface area contributed by atoms with E-state index in [1.54, 1.807) is 12.1 Å². The van der Waals surface area contributed by atoms with Gasteiger partial charge < -0.3 is 4.74 Å². The van der Waals surface area contributed by atoms with Crippen LogP contribution in [0.25, 0.3) is 0 Å². The van der Waals surface area contributed by atoms with Crippen molar-refractivity contribution in [3.63, 3.8) is 0 Å². The zero-order valence-corrected chi connectivity index (χ0v) is 13.7. The highest BCUT2D eigenvalue weighted by molar-refractivity contribution is 8.00. The summed E-state index contributed by atoms with van der Waals surface area (Å²) in [7, 11) is -2.23. The summed E-state index contributed by atoms with van der Waals surface area (Å²) in [6.07, 6.45) is 0.866. The predicted octanol–water partition coefficient (Wildman–Crippen LogP) is 1.53. The molecule has 0 radical (unpaired) electrons. The standard InChI is InChI=1S/C14H19NO4S2/c1-3-11-4-6-12(7-5-11)21(17,18)15-8-9-20-13(10-15)14(16)19-2/h4-7,13H,3,8-10H2,1-2H3/t13-/m1/s1. The maximum absolute atomic E-state index is 12.6. The molecule has 1 aromatic carbocycles. The molecule has 1 atom stereocenters. The van der Waals surface area contributed by atoms with Crippen LogP contribution in [0.5, 0.6) is 0 Å². The lowest BCUT2D eigenvalue weighted by atomic mass is 10.2. The first kappa shape index (κ1) is 16.3. The Kier molecular flexibility index (Phi) is 5.29. The number of rotatable bonds is 4. The van der Waals surface area contributed by atoms with Crippen LogP contribution in [0.2, 0.25) is 0 Å². The van der Waals surface area contributed by atoms with Crippen molar-refractivity contribution in [2.45, 2.75) is 23.5 Å². The van der Waals surface area contributed by atoms with Gasteiger partial charge in [0.1, 0.15) is 5.25 Å². The molecule has 21 heavy (non-hydrogen) atoms. The van der Waals surface area contributed by atoms with Crippen molar-refractivity contribution in [2.24, 2.45) is 0 Å². The molecule has 1 aliphatic rings. The Morgan fingerprint density at radius 1 is 1.38 bits per heavy atom. The van der Waals surface area contributed by atoms with Crippen LogP contribution in [0.15, 0.2) is 29.2 Å². The minimum Gasteiger partial charge on any atom is -0.468 e. The van der Waals surface area contributed by atoms with Gasteiger partial charge in [0.2, 0.25) is 10.0 Å². The molecule has 1 aliphatic heterocycles. The van der Waals surface area contributed by atoms with Gasteiger partial charge in [-0.25, -0.2) is 8.42 Å². The van der Waals surface area contributed by atoms with Crippen molar-refractivity contribution in [1.29, 1.82) is 0 Å². The fourth-order valence-corrected chi connectivity index (χ4v) is 4.96. The number of carbonyl (C=O) groups excluding carboxylic acids is 1. The maximum Gasteiger partial charge on any atom is 0.320 e. The lowest BCUT2D eigenvalue weighted by Gasteiger charge is -2.30. The first-order valence-electron chi connectivity index (χ1n) is 6.77. The summed E-state index contributed by atoms with van der Waals surface area (Å²) in [5, 5.41) is -0.451. The normalized spacial score (nSPS) is 20.2. The second kappa shape index (κ2) is 6.81. The van der Waals surface area contributed by atoms with E-state index >= 15 is 0 Å². The van der Waals surface area contributed by atoms with Crippen LogP contribution in [0.4, 0.5) is 0 Å². The summed E-state index contributed by atoms with van der Waals surface area (Å²) in [5.41, 5.74) is 1.09. The van der Waals surface area contributed by atoms with Crippen LogP contribution in [0.1, 0.15) is 12.5 Å². The van der Waals surface area contributed by atoms with Crippen LogP contribution < -0.4 is 0 Å². The number of ether oxygens (including phenoxy) is 1. The number of sulfonamides is 1. The smallest absolute Gasteiger partial charge is 0.320 e. The van der Waals surface area contributed by atoms with E-state index < -0.39 is 15.3 Å². The molecule has 0 bridgehead atoms. The number of nitrogens with zero attached hydrogens (tertiary/aromatic N) is 1. The Balaban J connectivity index is 2.19. The van der Waals surface area contributed by atoms with Gasteiger partial charge in [-0.15, -0.1) is 11.8 Å². The van der Waals surface area contributed by atoms with Crippen LogP contribution in [-0.2, 0) is 26.0 Å². The number of benzene rings is 1. The van der Waals surface area contributed by atoms with Crippen LogP contribution in [-0.4, -0.2) is 49.9 Å². The minimum absolute atomic E-state index is 0.162. The predicted molar refractivity (Wildman–Crippen MR) is 82.8 cm³/mol. The van der Waals surface area contributed by atoms with Crippen LogP contribution >= 0.6 is 11.8 Å². The van der Waals surface area contributed by atoms with Crippen LogP contribution in [0.3, 0.4) is 0 Å². The van der Waals surface area contributed by atoms with Gasteiger partial charge in [0.15, 0.2) is 0 Å². The molecule has 0 amide bonds. The molecule has 0 saturated carbocycles. The van der Waals surface area contributed by atoms with Gasteiger partial charge in [0, 0.05) is 18.8 Å². The number of hydrogen-bond donors (Lipinski definition) is 0. The molecule has 1 saturated heterocycles. The molecule has 1 fully saturated rings. The van der Waals surface area contributed by atoms with Gasteiger partial charge in [-0.3, -0.25) is 4.79 Å². The van der Waals surface area contributed by atoms with Crippen molar-refractivity contribution in [3.8, 4) is 0 Å². The van der Waals surface area contributed by atoms with E-state index in [4.69, 9.17) is 4.74 Å². The number of esters is 1. The minimum atomic E-state index is -3.55. The second-order valence-electron chi connectivity index (χ2n) is 4.74. The van der Waals surface area contributed by atoms with Crippen molar-refractivity contribution in [1.82, 2.24) is 4.31 Å². The first-order chi connectivity index (χ1) is 9.98. The molecule has 2 rings (SSSR count). The van der Waals surface area contributed by atoms with Gasteiger partial charge >= 0.3 is 5.97 Å². The van der Waals surface area contributed by atoms with Gasteiger partial charge in [-0.2, -0.15) is 4.31 Å². The average molecular weight is 329 g/mol. The Bertz CT molecular complexity index is 598. The maximum atomic E-state index is 12.6. The number of thioether (sulfide) groups is 1. The molecule has 5 nitrogen and oxygen atoms in total. The summed E-state index contributed by atoms with van der Waals surface area (Å²) in [5.74, 6) is 0.215. The number of carbonyl (C=O) groups is 1. The Morgan fingerprint density at radius 3 is 2.62 bits per heavy atom. The molecule has 0 spiro atoms. The molecular formula is C14H19NO4S2. The lowest BCUT2D eigenvalue weighted by molar-refractivity contribution is -0.140. The summed E-state index contributed by atoms with van der Waals surface area (Å²) in [6.45, 7) is 2.59. The summed E-state index contributed by atoms with van der Waals surface area (Å²) >= 11 is 1.44. The Hall–Kier alpha value is -1.05. The molecule has 1 heterocycles. The lowest BCUT2D eigenvalue weighted by Crippen LogP contribution is -2.44. The number of aryl methyl sites for hydroxylation is 1. The monoisotopic (exact) mass is 329 g/mol. The molecule has 0 unspecified atom stereocenters. The Labute approximate surface area is 129 Å². The van der Waals surface area contributed by atoms with E-state index in [0.717, 1.165) is 12.0 Å². The second-order valence-corrected chi connectivity index (χ2v) is 7.99. The zero-order valence-electron chi connectivity index (χ0n) is 12.1. The average Bonchev–Trinajstić information content (AvgIpc) is 2.54. The van der Waals surface area contributed by atoms with E-state index in [1.165, 1.54) is 23.2 Å². The highest BCUT2D eigenvalue weighted by Gasteiger charge is 2.34. The highest BCUT2D eigenvalue weighted by atomic mass is 32.2. The molecule has 116 valence electrons. The molecule has 0 aliphatic carbocycles. The van der Waals surface area contributed by atoms with Gasteiger partial charge in [0.05, 0.1) is 12.0 Å². The van der Waals surface area contributed by atoms with E-state index in [-0.39, 0.29) is 17.4 Å². The molecule has 0 N–H and O–H groups in total. The van der Waals surface area contributed by atoms with E-state index in [2.05, 4.69) is 0 Å². The van der Waals surface area contributed by atoms with E-state index in [1.807, 2.05) is 19.1 Å². The molecular weight excluding hydrogens is 310 g/mol. The van der Waals surface area contributed by atoms with Gasteiger partial charge in [0.25, 0.3) is 0 Å². The summed E-state index contributed by atoms with van der Waals surface area (Å²) in [4.78, 5) is 11.9. The number of hydrogen-bond acceptors (Lipinski definition) is 5. The third kappa shape index (κ3) is 3.59. The summed E-state index contributed by atoms with van der Waals surface area (Å²) in [6, 6.07) is 6.90. The van der Waals surface area contributed by atoms with Crippen LogP contribution in [0, 0.1) is 0 Å². The molecule has 1 aromatic rings. The molecule has 0 aromatic heterocycles. The van der Waals surface area contributed by atoms with Crippen molar-refractivity contribution >= 4 is 27.8 Å². The third-order valence-electron chi connectivity index (χ3n) is 3.46. The topological polar surface area (TPSA) is 63.7 Å². The van der Waals surface area contributed by atoms with E-state index in [9.17, 15) is 13.2 Å². The van der Waals surface area contributed by atoms with Gasteiger partial charge in [-0.05, 0) is 24.1 Å². The summed E-state index contributed by atoms with van der Waals surface area (Å²) < 4.78 is 31.3. The third-order valence-corrected chi connectivity index (χ3v) is 6.50. The highest BCUT2D eigenvalue weighted by Crippen LogP contribution is 2.25. The first-order valence-corrected chi connectivity index (χ1v) is 9.26. The van der Waals surface area contributed by atoms with Crippen molar-refractivity contribution in [3.05, 3.63) is 29.8 Å². The number of methoxy groups -OCH3 is 1. The fourth-order valence-electron chi connectivity index (χ4n) is 2.16. The van der Waals surface area contributed by atoms with Crippen molar-refractivity contribution in [2.75, 3.05) is 26.0 Å².